The van der Waals surface area contributed by atoms with Crippen LogP contribution in [0.2, 0.25) is 0 Å². The van der Waals surface area contributed by atoms with E-state index < -0.39 is 0 Å². The van der Waals surface area contributed by atoms with Gasteiger partial charge in [-0.2, -0.15) is 0 Å². The van der Waals surface area contributed by atoms with Crippen molar-refractivity contribution < 1.29 is 13.9 Å². The molecule has 0 spiro atoms. The second-order valence-corrected chi connectivity index (χ2v) is 7.83. The Morgan fingerprint density at radius 3 is 2.96 bits per heavy atom. The lowest BCUT2D eigenvalue weighted by atomic mass is 9.94. The number of ether oxygens (including phenoxy) is 1. The topological polar surface area (TPSA) is 55.6 Å². The minimum absolute atomic E-state index is 0.00710. The summed E-state index contributed by atoms with van der Waals surface area (Å²) in [4.78, 5) is 21.0. The Kier molecular flexibility index (Phi) is 5.55. The monoisotopic (exact) mass is 384 g/mol. The van der Waals surface area contributed by atoms with Gasteiger partial charge in [0.15, 0.2) is 16.7 Å². The number of hydrogen-bond donors (Lipinski definition) is 0. The maximum Gasteiger partial charge on any atom is 0.191 e. The van der Waals surface area contributed by atoms with E-state index in [-0.39, 0.29) is 11.7 Å². The average Bonchev–Trinajstić information content (AvgIpc) is 3.38. The van der Waals surface area contributed by atoms with Crippen molar-refractivity contribution in [3.05, 3.63) is 47.2 Å². The lowest BCUT2D eigenvalue weighted by Crippen LogP contribution is -2.24. The average molecular weight is 385 g/mol. The molecule has 4 heterocycles. The maximum atomic E-state index is 13.2. The molecule has 4 rings (SSSR count). The van der Waals surface area contributed by atoms with Crippen molar-refractivity contribution in [1.29, 1.82) is 0 Å². The Morgan fingerprint density at radius 1 is 1.37 bits per heavy atom. The Labute approximate surface area is 163 Å². The van der Waals surface area contributed by atoms with E-state index in [4.69, 9.17) is 14.1 Å². The van der Waals surface area contributed by atoms with Gasteiger partial charge in [-0.3, -0.25) is 4.79 Å². The fourth-order valence-electron chi connectivity index (χ4n) is 3.54. The fourth-order valence-corrected chi connectivity index (χ4v) is 4.68. The predicted molar refractivity (Wildman–Crippen MR) is 107 cm³/mol. The van der Waals surface area contributed by atoms with Crippen molar-refractivity contribution >= 4 is 22.3 Å². The number of ketones is 1. The van der Waals surface area contributed by atoms with E-state index in [2.05, 4.69) is 30.1 Å². The van der Waals surface area contributed by atoms with Gasteiger partial charge in [-0.15, -0.1) is 0 Å². The van der Waals surface area contributed by atoms with Gasteiger partial charge in [0.1, 0.15) is 10.6 Å². The highest BCUT2D eigenvalue weighted by Gasteiger charge is 2.30. The summed E-state index contributed by atoms with van der Waals surface area (Å²) in [5, 5.41) is 0.862. The van der Waals surface area contributed by atoms with Gasteiger partial charge >= 0.3 is 0 Å². The highest BCUT2D eigenvalue weighted by atomic mass is 32.1. The predicted octanol–water partition coefficient (Wildman–Crippen LogP) is 5.07. The van der Waals surface area contributed by atoms with Crippen molar-refractivity contribution in [2.75, 3.05) is 24.7 Å². The van der Waals surface area contributed by atoms with Crippen molar-refractivity contribution in [1.82, 2.24) is 4.98 Å². The molecule has 0 atom stereocenters. The van der Waals surface area contributed by atoms with E-state index in [1.54, 1.807) is 6.26 Å². The highest BCUT2D eigenvalue weighted by molar-refractivity contribution is 7.18. The van der Waals surface area contributed by atoms with Crippen LogP contribution in [-0.4, -0.2) is 30.5 Å². The first kappa shape index (κ1) is 18.2. The normalized spacial score (nSPS) is 18.0. The number of Topliss-reactive ketones (excluding diaryl/α,β-unsaturated/α-hetero) is 1. The third-order valence-corrected chi connectivity index (χ3v) is 6.08. The smallest absolute Gasteiger partial charge is 0.191 e. The summed E-state index contributed by atoms with van der Waals surface area (Å²) in [6, 6.07) is 3.71. The molecule has 0 aromatic carbocycles. The van der Waals surface area contributed by atoms with Crippen molar-refractivity contribution in [3.63, 3.8) is 0 Å². The number of allylic oxidation sites excluding steroid dienone is 3. The van der Waals surface area contributed by atoms with Gasteiger partial charge < -0.3 is 14.1 Å². The molecule has 142 valence electrons. The lowest BCUT2D eigenvalue weighted by Gasteiger charge is -2.25. The lowest BCUT2D eigenvalue weighted by molar-refractivity contribution is 0.0547. The van der Waals surface area contributed by atoms with E-state index >= 15 is 0 Å². The molecule has 0 bridgehead atoms. The zero-order chi connectivity index (χ0) is 18.6. The molecule has 5 nitrogen and oxygen atoms in total. The molecule has 6 heteroatoms. The molecule has 2 aromatic heterocycles. The number of hydrogen-bond acceptors (Lipinski definition) is 6. The molecule has 0 radical (unpaired) electrons. The first-order valence-electron chi connectivity index (χ1n) is 9.57. The fraction of sp³-hybridized carbons (Fsp3) is 0.429. The molecule has 2 aliphatic rings. The van der Waals surface area contributed by atoms with Crippen LogP contribution in [0.1, 0.15) is 42.3 Å². The Hall–Kier alpha value is -2.18. The molecular formula is C21H24N2O3S. The number of thiazole rings is 1. The summed E-state index contributed by atoms with van der Waals surface area (Å²) < 4.78 is 11.0. The third kappa shape index (κ3) is 3.77. The van der Waals surface area contributed by atoms with Crippen LogP contribution in [0.3, 0.4) is 0 Å². The van der Waals surface area contributed by atoms with Crippen LogP contribution in [-0.2, 0) is 4.74 Å². The molecule has 0 N–H and O–H groups in total. The number of furan rings is 1. The van der Waals surface area contributed by atoms with Gasteiger partial charge in [-0.1, -0.05) is 36.8 Å². The molecule has 27 heavy (non-hydrogen) atoms. The minimum Gasteiger partial charge on any atom is -0.463 e. The van der Waals surface area contributed by atoms with E-state index in [1.807, 2.05) is 12.1 Å². The number of nitrogens with zero attached hydrogens (tertiary/aromatic N) is 2. The summed E-state index contributed by atoms with van der Waals surface area (Å²) >= 11 is 1.49. The molecule has 0 saturated carbocycles. The standard InChI is InChI=1S/C21H24N2O3S/c1-2-6-16-7-3-4-11-23(16)21-22-18(17-8-5-12-26-17)20(27-21)19(24)15-9-13-25-14-10-15/h3-5,7-8,12,15H,2,6,9-11,13-14H2,1H3. The van der Waals surface area contributed by atoms with Crippen molar-refractivity contribution in [2.24, 2.45) is 5.92 Å². The van der Waals surface area contributed by atoms with Gasteiger partial charge in [-0.25, -0.2) is 4.98 Å². The zero-order valence-electron chi connectivity index (χ0n) is 15.5. The molecule has 0 aliphatic carbocycles. The van der Waals surface area contributed by atoms with Crippen LogP contribution >= 0.6 is 11.3 Å². The van der Waals surface area contributed by atoms with Gasteiger partial charge in [0, 0.05) is 31.4 Å². The Balaban J connectivity index is 1.71. The summed E-state index contributed by atoms with van der Waals surface area (Å²) in [6.45, 7) is 4.26. The number of anilines is 1. The van der Waals surface area contributed by atoms with E-state index in [0.717, 1.165) is 37.4 Å². The van der Waals surface area contributed by atoms with Crippen LogP contribution < -0.4 is 4.90 Å². The Bertz CT molecular complexity index is 845. The first-order valence-corrected chi connectivity index (χ1v) is 10.4. The van der Waals surface area contributed by atoms with Crippen LogP contribution in [0.5, 0.6) is 0 Å². The van der Waals surface area contributed by atoms with Crippen LogP contribution in [0.4, 0.5) is 5.13 Å². The molecule has 0 unspecified atom stereocenters. The number of aromatic nitrogens is 1. The number of rotatable bonds is 6. The molecule has 0 amide bonds. The SMILES string of the molecule is CCCC1=CC=CCN1c1nc(-c2ccco2)c(C(=O)C2CCOCC2)s1. The highest BCUT2D eigenvalue weighted by Crippen LogP contribution is 2.38. The second kappa shape index (κ2) is 8.23. The van der Waals surface area contributed by atoms with Gasteiger partial charge in [0.25, 0.3) is 0 Å². The Morgan fingerprint density at radius 2 is 2.22 bits per heavy atom. The molecule has 2 aromatic rings. The molecule has 1 fully saturated rings. The van der Waals surface area contributed by atoms with Crippen LogP contribution in [0, 0.1) is 5.92 Å². The van der Waals surface area contributed by atoms with E-state index in [9.17, 15) is 4.79 Å². The largest absolute Gasteiger partial charge is 0.463 e. The van der Waals surface area contributed by atoms with Crippen molar-refractivity contribution in [2.45, 2.75) is 32.6 Å². The zero-order valence-corrected chi connectivity index (χ0v) is 16.3. The number of carbonyl (C=O) groups is 1. The number of carbonyl (C=O) groups excluding carboxylic acids is 1. The summed E-state index contributed by atoms with van der Waals surface area (Å²) in [5.41, 5.74) is 1.91. The molecule has 1 saturated heterocycles. The minimum atomic E-state index is 0.00710. The summed E-state index contributed by atoms with van der Waals surface area (Å²) in [7, 11) is 0. The summed E-state index contributed by atoms with van der Waals surface area (Å²) in [5.74, 6) is 0.830. The second-order valence-electron chi connectivity index (χ2n) is 6.85. The van der Waals surface area contributed by atoms with Gasteiger partial charge in [0.2, 0.25) is 0 Å². The third-order valence-electron chi connectivity index (χ3n) is 4.98. The van der Waals surface area contributed by atoms with Gasteiger partial charge in [-0.05, 0) is 37.5 Å². The molecule has 2 aliphatic heterocycles. The first-order chi connectivity index (χ1) is 13.3. The van der Waals surface area contributed by atoms with Crippen LogP contribution in [0.25, 0.3) is 11.5 Å². The maximum absolute atomic E-state index is 13.2. The quantitative estimate of drug-likeness (QED) is 0.651. The summed E-state index contributed by atoms with van der Waals surface area (Å²) in [6.07, 6.45) is 11.6. The van der Waals surface area contributed by atoms with Gasteiger partial charge in [0.05, 0.1) is 6.26 Å². The van der Waals surface area contributed by atoms with E-state index in [1.165, 1.54) is 17.0 Å². The van der Waals surface area contributed by atoms with Crippen LogP contribution in [0.15, 0.2) is 46.7 Å². The van der Waals surface area contributed by atoms with E-state index in [0.29, 0.717) is 29.5 Å². The van der Waals surface area contributed by atoms with Crippen molar-refractivity contribution in [3.8, 4) is 11.5 Å². The molecular weight excluding hydrogens is 360 g/mol.